The highest BCUT2D eigenvalue weighted by molar-refractivity contribution is 5.25. The van der Waals surface area contributed by atoms with Crippen LogP contribution >= 0.6 is 0 Å². The molecule has 0 spiro atoms. The molecule has 0 aliphatic heterocycles. The highest BCUT2D eigenvalue weighted by Gasteiger charge is 2.06. The molecule has 2 heteroatoms. The zero-order chi connectivity index (χ0) is 15.0. The lowest BCUT2D eigenvalue weighted by Gasteiger charge is -2.15. The van der Waals surface area contributed by atoms with Crippen molar-refractivity contribution >= 4 is 0 Å². The first-order valence-electron chi connectivity index (χ1n) is 8.00. The van der Waals surface area contributed by atoms with Crippen LogP contribution in [0.4, 0.5) is 4.39 Å². The third-order valence-electron chi connectivity index (χ3n) is 3.85. The van der Waals surface area contributed by atoms with Gasteiger partial charge in [-0.3, -0.25) is 0 Å². The molecule has 114 valence electrons. The number of aryl methyl sites for hydroxylation is 1. The lowest BCUT2D eigenvalue weighted by molar-refractivity contribution is 0.497. The van der Waals surface area contributed by atoms with Crippen LogP contribution in [0.5, 0.6) is 0 Å². The van der Waals surface area contributed by atoms with E-state index in [9.17, 15) is 4.39 Å². The van der Waals surface area contributed by atoms with E-state index in [0.29, 0.717) is 5.56 Å². The molecule has 1 aromatic carbocycles. The van der Waals surface area contributed by atoms with Crippen LogP contribution in [-0.2, 0) is 0 Å². The van der Waals surface area contributed by atoms with Crippen LogP contribution < -0.4 is 5.32 Å². The van der Waals surface area contributed by atoms with Crippen molar-refractivity contribution < 1.29 is 4.39 Å². The fourth-order valence-electron chi connectivity index (χ4n) is 2.35. The molecule has 0 aromatic heterocycles. The van der Waals surface area contributed by atoms with Crippen molar-refractivity contribution in [3.8, 4) is 0 Å². The molecule has 1 nitrogen and oxygen atoms in total. The quantitative estimate of drug-likeness (QED) is 0.597. The van der Waals surface area contributed by atoms with Gasteiger partial charge in [0.2, 0.25) is 0 Å². The Bertz CT molecular complexity index is 387. The van der Waals surface area contributed by atoms with Crippen LogP contribution in [-0.4, -0.2) is 6.54 Å². The van der Waals surface area contributed by atoms with Crippen molar-refractivity contribution in [2.24, 2.45) is 5.92 Å². The van der Waals surface area contributed by atoms with E-state index < -0.39 is 0 Å². The second kappa shape index (κ2) is 9.12. The van der Waals surface area contributed by atoms with Gasteiger partial charge in [0.15, 0.2) is 0 Å². The number of hydrogen-bond donors (Lipinski definition) is 1. The SMILES string of the molecule is Cc1ccc(C(C)NCCCCCCC(C)C)cc1F. The van der Waals surface area contributed by atoms with E-state index in [2.05, 4.69) is 26.1 Å². The second-order valence-electron chi connectivity index (χ2n) is 6.28. The fourth-order valence-corrected chi connectivity index (χ4v) is 2.35. The minimum Gasteiger partial charge on any atom is -0.310 e. The Morgan fingerprint density at radius 1 is 1.05 bits per heavy atom. The van der Waals surface area contributed by atoms with Gasteiger partial charge in [-0.25, -0.2) is 4.39 Å². The van der Waals surface area contributed by atoms with Gasteiger partial charge in [-0.15, -0.1) is 0 Å². The van der Waals surface area contributed by atoms with Crippen molar-refractivity contribution in [2.75, 3.05) is 6.54 Å². The van der Waals surface area contributed by atoms with Gasteiger partial charge in [-0.05, 0) is 49.9 Å². The van der Waals surface area contributed by atoms with Gasteiger partial charge in [0.1, 0.15) is 5.82 Å². The van der Waals surface area contributed by atoms with Crippen LogP contribution in [0.15, 0.2) is 18.2 Å². The lowest BCUT2D eigenvalue weighted by Crippen LogP contribution is -2.20. The highest BCUT2D eigenvalue weighted by atomic mass is 19.1. The first-order chi connectivity index (χ1) is 9.50. The largest absolute Gasteiger partial charge is 0.310 e. The summed E-state index contributed by atoms with van der Waals surface area (Å²) in [5.74, 6) is 0.717. The number of nitrogens with one attached hydrogen (secondary N) is 1. The van der Waals surface area contributed by atoms with Crippen molar-refractivity contribution in [3.63, 3.8) is 0 Å². The van der Waals surface area contributed by atoms with E-state index in [1.165, 1.54) is 32.1 Å². The van der Waals surface area contributed by atoms with Gasteiger partial charge in [-0.2, -0.15) is 0 Å². The fraction of sp³-hybridized carbons (Fsp3) is 0.667. The number of halogens is 1. The maximum atomic E-state index is 13.5. The Morgan fingerprint density at radius 2 is 1.75 bits per heavy atom. The summed E-state index contributed by atoms with van der Waals surface area (Å²) in [4.78, 5) is 0. The summed E-state index contributed by atoms with van der Waals surface area (Å²) in [5, 5.41) is 3.48. The summed E-state index contributed by atoms with van der Waals surface area (Å²) in [6.07, 6.45) is 6.50. The molecule has 0 heterocycles. The molecule has 1 atom stereocenters. The van der Waals surface area contributed by atoms with Gasteiger partial charge in [0.25, 0.3) is 0 Å². The summed E-state index contributed by atoms with van der Waals surface area (Å²) < 4.78 is 13.5. The molecule has 0 saturated carbocycles. The lowest BCUT2D eigenvalue weighted by atomic mass is 10.0. The Kier molecular flexibility index (Phi) is 7.83. The van der Waals surface area contributed by atoms with E-state index in [1.807, 2.05) is 12.1 Å². The van der Waals surface area contributed by atoms with Crippen LogP contribution in [0, 0.1) is 18.7 Å². The number of rotatable bonds is 9. The smallest absolute Gasteiger partial charge is 0.126 e. The second-order valence-corrected chi connectivity index (χ2v) is 6.28. The average Bonchev–Trinajstić information content (AvgIpc) is 2.40. The minimum atomic E-state index is -0.107. The van der Waals surface area contributed by atoms with Gasteiger partial charge in [-0.1, -0.05) is 51.7 Å². The molecular weight excluding hydrogens is 249 g/mol. The van der Waals surface area contributed by atoms with Crippen molar-refractivity contribution in [2.45, 2.75) is 65.8 Å². The summed E-state index contributed by atoms with van der Waals surface area (Å²) >= 11 is 0. The van der Waals surface area contributed by atoms with Gasteiger partial charge in [0.05, 0.1) is 0 Å². The topological polar surface area (TPSA) is 12.0 Å². The van der Waals surface area contributed by atoms with Gasteiger partial charge in [0, 0.05) is 6.04 Å². The van der Waals surface area contributed by atoms with E-state index in [4.69, 9.17) is 0 Å². The molecular formula is C18H30FN. The van der Waals surface area contributed by atoms with E-state index in [1.54, 1.807) is 13.0 Å². The van der Waals surface area contributed by atoms with E-state index in [0.717, 1.165) is 18.0 Å². The molecule has 20 heavy (non-hydrogen) atoms. The van der Waals surface area contributed by atoms with E-state index in [-0.39, 0.29) is 11.9 Å². The number of benzene rings is 1. The molecule has 1 unspecified atom stereocenters. The minimum absolute atomic E-state index is 0.107. The first kappa shape index (κ1) is 17.2. The summed E-state index contributed by atoms with van der Waals surface area (Å²) in [6.45, 7) is 9.48. The third kappa shape index (κ3) is 6.51. The Morgan fingerprint density at radius 3 is 2.40 bits per heavy atom. The maximum Gasteiger partial charge on any atom is 0.126 e. The van der Waals surface area contributed by atoms with Crippen molar-refractivity contribution in [1.29, 1.82) is 0 Å². The Labute approximate surface area is 124 Å². The molecule has 1 rings (SSSR count). The van der Waals surface area contributed by atoms with Crippen LogP contribution in [0.25, 0.3) is 0 Å². The van der Waals surface area contributed by atoms with Crippen molar-refractivity contribution in [3.05, 3.63) is 35.1 Å². The zero-order valence-corrected chi connectivity index (χ0v) is 13.5. The molecule has 0 bridgehead atoms. The Balaban J connectivity index is 2.16. The molecule has 0 fully saturated rings. The van der Waals surface area contributed by atoms with E-state index >= 15 is 0 Å². The molecule has 0 aliphatic carbocycles. The molecule has 0 amide bonds. The van der Waals surface area contributed by atoms with Crippen molar-refractivity contribution in [1.82, 2.24) is 5.32 Å². The summed E-state index contributed by atoms with van der Waals surface area (Å²) in [6, 6.07) is 5.74. The van der Waals surface area contributed by atoms with Gasteiger partial charge >= 0.3 is 0 Å². The highest BCUT2D eigenvalue weighted by Crippen LogP contribution is 2.16. The standard InChI is InChI=1S/C18H30FN/c1-14(2)9-7-5-6-8-12-20-16(4)17-11-10-15(3)18(19)13-17/h10-11,13-14,16,20H,5-9,12H2,1-4H3. The van der Waals surface area contributed by atoms with Gasteiger partial charge < -0.3 is 5.32 Å². The molecule has 1 N–H and O–H groups in total. The molecule has 0 saturated heterocycles. The maximum absolute atomic E-state index is 13.5. The number of unbranched alkanes of at least 4 members (excludes halogenated alkanes) is 3. The van der Waals surface area contributed by atoms with Crippen LogP contribution in [0.1, 0.15) is 70.0 Å². The van der Waals surface area contributed by atoms with Crippen LogP contribution in [0.2, 0.25) is 0 Å². The Hall–Kier alpha value is -0.890. The molecule has 1 aromatic rings. The molecule has 0 aliphatic rings. The predicted octanol–water partition coefficient (Wildman–Crippen LogP) is 5.39. The zero-order valence-electron chi connectivity index (χ0n) is 13.5. The number of hydrogen-bond acceptors (Lipinski definition) is 1. The molecule has 0 radical (unpaired) electrons. The summed E-state index contributed by atoms with van der Waals surface area (Å²) in [7, 11) is 0. The van der Waals surface area contributed by atoms with Crippen LogP contribution in [0.3, 0.4) is 0 Å². The monoisotopic (exact) mass is 279 g/mol. The average molecular weight is 279 g/mol. The summed E-state index contributed by atoms with van der Waals surface area (Å²) in [5.41, 5.74) is 1.75. The predicted molar refractivity (Wildman–Crippen MR) is 85.5 cm³/mol. The third-order valence-corrected chi connectivity index (χ3v) is 3.85. The normalized spacial score (nSPS) is 12.9. The first-order valence-corrected chi connectivity index (χ1v) is 8.00.